The minimum atomic E-state index is -1.16. The fourth-order valence-corrected chi connectivity index (χ4v) is 4.29. The Hall–Kier alpha value is -1.76. The van der Waals surface area contributed by atoms with Crippen LogP contribution >= 0.6 is 11.6 Å². The van der Waals surface area contributed by atoms with Crippen molar-refractivity contribution in [1.82, 2.24) is 0 Å². The van der Waals surface area contributed by atoms with Gasteiger partial charge in [0.25, 0.3) is 0 Å². The molecule has 1 spiro atoms. The second-order valence-corrected chi connectivity index (χ2v) is 7.83. The average molecular weight is 403 g/mol. The summed E-state index contributed by atoms with van der Waals surface area (Å²) in [6, 6.07) is 10.9. The molecular formula is C22H23ClO5. The van der Waals surface area contributed by atoms with Crippen LogP contribution in [0.1, 0.15) is 52.4 Å². The molecule has 2 N–H and O–H groups in total. The van der Waals surface area contributed by atoms with Crippen LogP contribution < -0.4 is 0 Å². The Morgan fingerprint density at radius 1 is 1.29 bits per heavy atom. The first-order chi connectivity index (χ1) is 13.5. The van der Waals surface area contributed by atoms with E-state index in [1.54, 1.807) is 24.3 Å². The zero-order valence-corrected chi connectivity index (χ0v) is 16.4. The van der Waals surface area contributed by atoms with E-state index < -0.39 is 18.0 Å². The molecule has 2 aliphatic heterocycles. The first-order valence-corrected chi connectivity index (χ1v) is 9.90. The number of aliphatic hydroxyl groups is 2. The third kappa shape index (κ3) is 3.38. The molecule has 2 aromatic carbocycles. The van der Waals surface area contributed by atoms with Crippen molar-refractivity contribution < 1.29 is 24.5 Å². The number of ketones is 1. The molecule has 1 saturated heterocycles. The number of benzene rings is 2. The number of halogens is 1. The number of fused-ring (bicyclic) bond motifs is 2. The molecular weight excluding hydrogens is 380 g/mol. The van der Waals surface area contributed by atoms with Crippen molar-refractivity contribution in [1.29, 1.82) is 0 Å². The van der Waals surface area contributed by atoms with E-state index in [1.807, 2.05) is 12.1 Å². The van der Waals surface area contributed by atoms with Gasteiger partial charge in [0.2, 0.25) is 0 Å². The first kappa shape index (κ1) is 19.6. The van der Waals surface area contributed by atoms with Crippen molar-refractivity contribution in [2.45, 2.75) is 50.8 Å². The van der Waals surface area contributed by atoms with E-state index in [0.717, 1.165) is 17.5 Å². The van der Waals surface area contributed by atoms with Crippen LogP contribution in [0.15, 0.2) is 36.4 Å². The highest BCUT2D eigenvalue weighted by Gasteiger charge is 2.48. The standard InChI is InChI=1S/C22H23ClO5/c1-2-13-3-5-14(6-4-13)21(26)18-9-19-15(7-20(18)23)12-27-22(19)10-16(25)8-17(11-24)28-22/h3-7,9,16-17,24-25H,2,8,10-12H2,1H3/t16-,17-,22+/m0/s1. The molecule has 2 aliphatic rings. The molecule has 0 aromatic heterocycles. The Balaban J connectivity index is 1.72. The van der Waals surface area contributed by atoms with Gasteiger partial charge in [-0.2, -0.15) is 0 Å². The zero-order chi connectivity index (χ0) is 19.9. The van der Waals surface area contributed by atoms with E-state index in [4.69, 9.17) is 21.1 Å². The van der Waals surface area contributed by atoms with Gasteiger partial charge >= 0.3 is 0 Å². The molecule has 4 rings (SSSR count). The van der Waals surface area contributed by atoms with Gasteiger partial charge in [0, 0.05) is 29.5 Å². The van der Waals surface area contributed by atoms with Crippen LogP contribution in [0.25, 0.3) is 0 Å². The van der Waals surface area contributed by atoms with Gasteiger partial charge in [0.15, 0.2) is 11.6 Å². The molecule has 0 bridgehead atoms. The second-order valence-electron chi connectivity index (χ2n) is 7.43. The average Bonchev–Trinajstić information content (AvgIpc) is 3.02. The minimum absolute atomic E-state index is 0.174. The number of ether oxygens (including phenoxy) is 2. The summed E-state index contributed by atoms with van der Waals surface area (Å²) in [5.74, 6) is -1.33. The summed E-state index contributed by atoms with van der Waals surface area (Å²) in [6.45, 7) is 2.13. The quantitative estimate of drug-likeness (QED) is 0.767. The van der Waals surface area contributed by atoms with Crippen LogP contribution in [0, 0.1) is 0 Å². The van der Waals surface area contributed by atoms with E-state index in [-0.39, 0.29) is 25.4 Å². The topological polar surface area (TPSA) is 76.0 Å². The van der Waals surface area contributed by atoms with Crippen LogP contribution in [-0.2, 0) is 28.3 Å². The molecule has 3 atom stereocenters. The molecule has 1 fully saturated rings. The number of carbonyl (C=O) groups is 1. The molecule has 2 heterocycles. The van der Waals surface area contributed by atoms with Crippen molar-refractivity contribution >= 4 is 17.4 Å². The van der Waals surface area contributed by atoms with Crippen LogP contribution in [0.4, 0.5) is 0 Å². The highest BCUT2D eigenvalue weighted by molar-refractivity contribution is 6.35. The summed E-state index contributed by atoms with van der Waals surface area (Å²) in [5.41, 5.74) is 3.61. The van der Waals surface area contributed by atoms with Crippen molar-refractivity contribution in [2.75, 3.05) is 6.61 Å². The summed E-state index contributed by atoms with van der Waals surface area (Å²) in [5, 5.41) is 20.1. The minimum Gasteiger partial charge on any atom is -0.394 e. The highest BCUT2D eigenvalue weighted by Crippen LogP contribution is 2.46. The van der Waals surface area contributed by atoms with Crippen molar-refractivity contribution in [3.8, 4) is 0 Å². The van der Waals surface area contributed by atoms with Crippen LogP contribution in [-0.4, -0.2) is 34.8 Å². The van der Waals surface area contributed by atoms with Crippen LogP contribution in [0.3, 0.4) is 0 Å². The normalized spacial score (nSPS) is 26.4. The third-order valence-electron chi connectivity index (χ3n) is 5.53. The maximum atomic E-state index is 13.1. The lowest BCUT2D eigenvalue weighted by molar-refractivity contribution is -0.302. The number of rotatable bonds is 4. The van der Waals surface area contributed by atoms with Gasteiger partial charge < -0.3 is 19.7 Å². The molecule has 28 heavy (non-hydrogen) atoms. The Morgan fingerprint density at radius 2 is 2.04 bits per heavy atom. The molecule has 2 aromatic rings. The van der Waals surface area contributed by atoms with E-state index in [1.165, 1.54) is 0 Å². The molecule has 5 nitrogen and oxygen atoms in total. The summed E-state index contributed by atoms with van der Waals surface area (Å²) in [4.78, 5) is 13.1. The van der Waals surface area contributed by atoms with Crippen LogP contribution in [0.5, 0.6) is 0 Å². The third-order valence-corrected chi connectivity index (χ3v) is 5.85. The number of aliphatic hydroxyl groups excluding tert-OH is 2. The Bertz CT molecular complexity index is 895. The summed E-state index contributed by atoms with van der Waals surface area (Å²) < 4.78 is 11.9. The Labute approximate surface area is 168 Å². The molecule has 0 aliphatic carbocycles. The van der Waals surface area contributed by atoms with E-state index >= 15 is 0 Å². The fraction of sp³-hybridized carbons (Fsp3) is 0.409. The number of hydrogen-bond donors (Lipinski definition) is 2. The molecule has 0 saturated carbocycles. The Morgan fingerprint density at radius 3 is 2.71 bits per heavy atom. The number of hydrogen-bond acceptors (Lipinski definition) is 5. The van der Waals surface area contributed by atoms with Gasteiger partial charge in [-0.1, -0.05) is 42.8 Å². The van der Waals surface area contributed by atoms with Gasteiger partial charge in [0.1, 0.15) is 0 Å². The maximum absolute atomic E-state index is 13.1. The molecule has 0 amide bonds. The zero-order valence-electron chi connectivity index (χ0n) is 15.7. The first-order valence-electron chi connectivity index (χ1n) is 9.53. The van der Waals surface area contributed by atoms with Crippen molar-refractivity contribution in [3.63, 3.8) is 0 Å². The van der Waals surface area contributed by atoms with E-state index in [2.05, 4.69) is 6.92 Å². The molecule has 6 heteroatoms. The van der Waals surface area contributed by atoms with Crippen LogP contribution in [0.2, 0.25) is 5.02 Å². The van der Waals surface area contributed by atoms with Gasteiger partial charge in [-0.15, -0.1) is 0 Å². The lowest BCUT2D eigenvalue weighted by Crippen LogP contribution is -2.45. The molecule has 0 radical (unpaired) electrons. The summed E-state index contributed by atoms with van der Waals surface area (Å²) in [7, 11) is 0. The van der Waals surface area contributed by atoms with Gasteiger partial charge in [-0.3, -0.25) is 4.79 Å². The second kappa shape index (κ2) is 7.58. The predicted octanol–water partition coefficient (Wildman–Crippen LogP) is 3.35. The Kier molecular flexibility index (Phi) is 5.29. The smallest absolute Gasteiger partial charge is 0.198 e. The maximum Gasteiger partial charge on any atom is 0.198 e. The number of aryl methyl sites for hydroxylation is 1. The largest absolute Gasteiger partial charge is 0.394 e. The van der Waals surface area contributed by atoms with Gasteiger partial charge in [-0.05, 0) is 29.7 Å². The predicted molar refractivity (Wildman–Crippen MR) is 104 cm³/mol. The fourth-order valence-electron chi connectivity index (χ4n) is 4.02. The van der Waals surface area contributed by atoms with Crippen molar-refractivity contribution in [3.05, 3.63) is 69.2 Å². The summed E-state index contributed by atoms with van der Waals surface area (Å²) >= 11 is 6.42. The lowest BCUT2D eigenvalue weighted by atomic mass is 9.89. The van der Waals surface area contributed by atoms with Gasteiger partial charge in [-0.25, -0.2) is 0 Å². The van der Waals surface area contributed by atoms with E-state index in [9.17, 15) is 15.0 Å². The molecule has 0 unspecified atom stereocenters. The summed E-state index contributed by atoms with van der Waals surface area (Å²) in [6.07, 6.45) is 0.316. The lowest BCUT2D eigenvalue weighted by Gasteiger charge is -2.40. The monoisotopic (exact) mass is 402 g/mol. The number of carbonyl (C=O) groups excluding carboxylic acids is 1. The van der Waals surface area contributed by atoms with E-state index in [0.29, 0.717) is 28.1 Å². The highest BCUT2D eigenvalue weighted by atomic mass is 35.5. The van der Waals surface area contributed by atoms with Crippen molar-refractivity contribution in [2.24, 2.45) is 0 Å². The molecule has 148 valence electrons. The SMILES string of the molecule is CCc1ccc(C(=O)c2cc3c(cc2Cl)CO[C@@]32C[C@@H](O)C[C@@H](CO)O2)cc1. The van der Waals surface area contributed by atoms with Gasteiger partial charge in [0.05, 0.1) is 30.4 Å².